The van der Waals surface area contributed by atoms with Gasteiger partial charge in [-0.15, -0.1) is 0 Å². The fraction of sp³-hybridized carbons (Fsp3) is 0.625. The van der Waals surface area contributed by atoms with Crippen LogP contribution >= 0.6 is 0 Å². The first-order chi connectivity index (χ1) is 8.79. The molecule has 1 N–H and O–H groups in total. The third-order valence-corrected chi connectivity index (χ3v) is 3.40. The van der Waals surface area contributed by atoms with Crippen LogP contribution in [0.5, 0.6) is 0 Å². The van der Waals surface area contributed by atoms with E-state index in [-0.39, 0.29) is 0 Å². The number of benzene rings is 1. The molecule has 0 heterocycles. The van der Waals surface area contributed by atoms with Crippen LogP contribution in [0.25, 0.3) is 0 Å². The lowest BCUT2D eigenvalue weighted by molar-refractivity contribution is 0.114. The fourth-order valence-corrected chi connectivity index (χ4v) is 2.22. The van der Waals surface area contributed by atoms with Gasteiger partial charge < -0.3 is 10.1 Å². The standard InChI is InChI=1S/C16H27NO/c1-4-5-12-18-13-11-14(2)16(17-3)15-9-7-6-8-10-15/h6-10,14,16-17H,4-5,11-13H2,1-3H3. The molecule has 18 heavy (non-hydrogen) atoms. The molecule has 1 aromatic rings. The number of hydrogen-bond donors (Lipinski definition) is 1. The normalized spacial score (nSPS) is 14.4. The molecular formula is C16H27NO. The minimum absolute atomic E-state index is 0.418. The molecule has 0 radical (unpaired) electrons. The van der Waals surface area contributed by atoms with E-state index in [0.717, 1.165) is 19.6 Å². The lowest BCUT2D eigenvalue weighted by atomic mass is 9.92. The molecule has 0 fully saturated rings. The maximum Gasteiger partial charge on any atom is 0.0469 e. The highest BCUT2D eigenvalue weighted by Gasteiger charge is 2.16. The van der Waals surface area contributed by atoms with Crippen LogP contribution in [0.3, 0.4) is 0 Å². The minimum atomic E-state index is 0.418. The van der Waals surface area contributed by atoms with Crippen LogP contribution in [0.4, 0.5) is 0 Å². The van der Waals surface area contributed by atoms with E-state index in [1.165, 1.54) is 18.4 Å². The van der Waals surface area contributed by atoms with Gasteiger partial charge in [0.2, 0.25) is 0 Å². The highest BCUT2D eigenvalue weighted by atomic mass is 16.5. The minimum Gasteiger partial charge on any atom is -0.381 e. The van der Waals surface area contributed by atoms with Crippen molar-refractivity contribution in [3.63, 3.8) is 0 Å². The Labute approximate surface area is 112 Å². The molecule has 0 aliphatic heterocycles. The molecule has 2 unspecified atom stereocenters. The number of hydrogen-bond acceptors (Lipinski definition) is 2. The van der Waals surface area contributed by atoms with Crippen LogP contribution in [-0.4, -0.2) is 20.3 Å². The van der Waals surface area contributed by atoms with E-state index in [1.54, 1.807) is 0 Å². The van der Waals surface area contributed by atoms with Gasteiger partial charge in [0, 0.05) is 19.3 Å². The average molecular weight is 249 g/mol. The van der Waals surface area contributed by atoms with Gasteiger partial charge in [0.05, 0.1) is 0 Å². The second-order valence-corrected chi connectivity index (χ2v) is 4.91. The molecule has 0 saturated heterocycles. The predicted molar refractivity (Wildman–Crippen MR) is 77.8 cm³/mol. The van der Waals surface area contributed by atoms with Gasteiger partial charge in [0.25, 0.3) is 0 Å². The van der Waals surface area contributed by atoms with Crippen molar-refractivity contribution in [3.05, 3.63) is 35.9 Å². The zero-order valence-electron chi connectivity index (χ0n) is 12.0. The van der Waals surface area contributed by atoms with Gasteiger partial charge in [0.1, 0.15) is 0 Å². The lowest BCUT2D eigenvalue weighted by Crippen LogP contribution is -2.24. The Bertz CT molecular complexity index is 299. The maximum absolute atomic E-state index is 5.65. The molecular weight excluding hydrogens is 222 g/mol. The molecule has 1 rings (SSSR count). The molecule has 0 bridgehead atoms. The summed E-state index contributed by atoms with van der Waals surface area (Å²) in [6, 6.07) is 11.1. The van der Waals surface area contributed by atoms with E-state index in [0.29, 0.717) is 12.0 Å². The highest BCUT2D eigenvalue weighted by molar-refractivity contribution is 5.19. The summed E-state index contributed by atoms with van der Waals surface area (Å²) >= 11 is 0. The molecule has 0 aliphatic rings. The summed E-state index contributed by atoms with van der Waals surface area (Å²) < 4.78 is 5.65. The van der Waals surface area contributed by atoms with Crippen LogP contribution in [0.15, 0.2) is 30.3 Å². The summed E-state index contributed by atoms with van der Waals surface area (Å²) in [6.45, 7) is 6.25. The largest absolute Gasteiger partial charge is 0.381 e. The first-order valence-corrected chi connectivity index (χ1v) is 7.09. The first kappa shape index (κ1) is 15.2. The third-order valence-electron chi connectivity index (χ3n) is 3.40. The van der Waals surface area contributed by atoms with Gasteiger partial charge in [0.15, 0.2) is 0 Å². The zero-order chi connectivity index (χ0) is 13.2. The van der Waals surface area contributed by atoms with E-state index in [4.69, 9.17) is 4.74 Å². The number of ether oxygens (including phenoxy) is 1. The Kier molecular flexibility index (Phi) is 7.70. The second-order valence-electron chi connectivity index (χ2n) is 4.91. The van der Waals surface area contributed by atoms with Gasteiger partial charge in [-0.3, -0.25) is 0 Å². The Morgan fingerprint density at radius 2 is 1.89 bits per heavy atom. The Hall–Kier alpha value is -0.860. The molecule has 1 aromatic carbocycles. The van der Waals surface area contributed by atoms with Crippen molar-refractivity contribution in [2.24, 2.45) is 5.92 Å². The van der Waals surface area contributed by atoms with E-state index in [9.17, 15) is 0 Å². The second kappa shape index (κ2) is 9.12. The Morgan fingerprint density at radius 1 is 1.17 bits per heavy atom. The smallest absolute Gasteiger partial charge is 0.0469 e. The van der Waals surface area contributed by atoms with Crippen molar-refractivity contribution < 1.29 is 4.74 Å². The van der Waals surface area contributed by atoms with Crippen LogP contribution in [0, 0.1) is 5.92 Å². The lowest BCUT2D eigenvalue weighted by Gasteiger charge is -2.24. The van der Waals surface area contributed by atoms with Crippen LogP contribution in [0.2, 0.25) is 0 Å². The van der Waals surface area contributed by atoms with Gasteiger partial charge in [-0.2, -0.15) is 0 Å². The van der Waals surface area contributed by atoms with Gasteiger partial charge >= 0.3 is 0 Å². The summed E-state index contributed by atoms with van der Waals surface area (Å²) in [5, 5.41) is 3.41. The topological polar surface area (TPSA) is 21.3 Å². The molecule has 0 aliphatic carbocycles. The van der Waals surface area contributed by atoms with Gasteiger partial charge in [-0.1, -0.05) is 50.6 Å². The highest BCUT2D eigenvalue weighted by Crippen LogP contribution is 2.23. The molecule has 2 heteroatoms. The van der Waals surface area contributed by atoms with Crippen molar-refractivity contribution in [1.82, 2.24) is 5.32 Å². The first-order valence-electron chi connectivity index (χ1n) is 7.09. The predicted octanol–water partition coefficient (Wildman–Crippen LogP) is 3.79. The van der Waals surface area contributed by atoms with Gasteiger partial charge in [-0.25, -0.2) is 0 Å². The van der Waals surface area contributed by atoms with Crippen LogP contribution < -0.4 is 5.32 Å². The third kappa shape index (κ3) is 5.19. The van der Waals surface area contributed by atoms with Gasteiger partial charge in [-0.05, 0) is 31.4 Å². The summed E-state index contributed by atoms with van der Waals surface area (Å²) in [6.07, 6.45) is 3.48. The summed E-state index contributed by atoms with van der Waals surface area (Å²) in [7, 11) is 2.03. The number of unbranched alkanes of at least 4 members (excludes halogenated alkanes) is 1. The fourth-order valence-electron chi connectivity index (χ4n) is 2.22. The number of rotatable bonds is 9. The van der Waals surface area contributed by atoms with E-state index in [2.05, 4.69) is 49.5 Å². The molecule has 102 valence electrons. The number of nitrogens with one attached hydrogen (secondary N) is 1. The molecule has 0 spiro atoms. The maximum atomic E-state index is 5.65. The Balaban J connectivity index is 2.36. The van der Waals surface area contributed by atoms with Crippen molar-refractivity contribution in [3.8, 4) is 0 Å². The monoisotopic (exact) mass is 249 g/mol. The van der Waals surface area contributed by atoms with Crippen molar-refractivity contribution >= 4 is 0 Å². The van der Waals surface area contributed by atoms with Crippen molar-refractivity contribution in [2.75, 3.05) is 20.3 Å². The van der Waals surface area contributed by atoms with E-state index >= 15 is 0 Å². The SMILES string of the molecule is CCCCOCCC(C)C(NC)c1ccccc1. The van der Waals surface area contributed by atoms with Crippen LogP contribution in [-0.2, 0) is 4.74 Å². The van der Waals surface area contributed by atoms with Crippen molar-refractivity contribution in [2.45, 2.75) is 39.2 Å². The van der Waals surface area contributed by atoms with Crippen molar-refractivity contribution in [1.29, 1.82) is 0 Å². The van der Waals surface area contributed by atoms with Crippen LogP contribution in [0.1, 0.15) is 44.7 Å². The average Bonchev–Trinajstić information content (AvgIpc) is 2.40. The molecule has 0 aromatic heterocycles. The molecule has 0 saturated carbocycles. The molecule has 2 nitrogen and oxygen atoms in total. The summed E-state index contributed by atoms with van der Waals surface area (Å²) in [5.74, 6) is 0.582. The molecule has 2 atom stereocenters. The summed E-state index contributed by atoms with van der Waals surface area (Å²) in [5.41, 5.74) is 1.36. The Morgan fingerprint density at radius 3 is 2.50 bits per heavy atom. The summed E-state index contributed by atoms with van der Waals surface area (Å²) in [4.78, 5) is 0. The quantitative estimate of drug-likeness (QED) is 0.672. The van der Waals surface area contributed by atoms with E-state index in [1.807, 2.05) is 7.05 Å². The molecule has 0 amide bonds. The van der Waals surface area contributed by atoms with E-state index < -0.39 is 0 Å². The zero-order valence-corrected chi connectivity index (χ0v) is 12.0.